The van der Waals surface area contributed by atoms with E-state index in [2.05, 4.69) is 30.3 Å². The van der Waals surface area contributed by atoms with Gasteiger partial charge in [-0.05, 0) is 17.5 Å². The lowest BCUT2D eigenvalue weighted by Crippen LogP contribution is -2.31. The van der Waals surface area contributed by atoms with E-state index in [1.165, 1.54) is 0 Å². The van der Waals surface area contributed by atoms with Gasteiger partial charge in [0.05, 0.1) is 6.54 Å². The zero-order valence-electron chi connectivity index (χ0n) is 11.3. The second-order valence-electron chi connectivity index (χ2n) is 4.96. The molecule has 0 bridgehead atoms. The van der Waals surface area contributed by atoms with Crippen LogP contribution in [0, 0.1) is 0 Å². The van der Waals surface area contributed by atoms with Gasteiger partial charge in [-0.1, -0.05) is 66.7 Å². The van der Waals surface area contributed by atoms with E-state index in [-0.39, 0.29) is 5.91 Å². The minimum atomic E-state index is 0.204. The molecule has 1 aliphatic heterocycles. The van der Waals surface area contributed by atoms with E-state index >= 15 is 0 Å². The van der Waals surface area contributed by atoms with Gasteiger partial charge in [0.15, 0.2) is 0 Å². The molecule has 0 N–H and O–H groups in total. The number of carbonyl (C=O) groups excluding carboxylic acids is 1. The van der Waals surface area contributed by atoms with Crippen LogP contribution >= 0.6 is 0 Å². The smallest absolute Gasteiger partial charge is 0.227 e. The van der Waals surface area contributed by atoms with E-state index in [9.17, 15) is 4.79 Å². The fourth-order valence-corrected chi connectivity index (χ4v) is 2.53. The largest absolute Gasteiger partial charge is 0.308 e. The van der Waals surface area contributed by atoms with Gasteiger partial charge in [0, 0.05) is 12.1 Å². The lowest BCUT2D eigenvalue weighted by Gasteiger charge is -2.29. The zero-order chi connectivity index (χ0) is 13.8. The highest BCUT2D eigenvalue weighted by Crippen LogP contribution is 2.27. The highest BCUT2D eigenvalue weighted by Gasteiger charge is 2.22. The summed E-state index contributed by atoms with van der Waals surface area (Å²) in [6.07, 6.45) is 3.59. The lowest BCUT2D eigenvalue weighted by molar-refractivity contribution is -0.128. The van der Waals surface area contributed by atoms with Crippen LogP contribution in [0.3, 0.4) is 0 Å². The van der Waals surface area contributed by atoms with Crippen molar-refractivity contribution in [3.8, 4) is 0 Å². The summed E-state index contributed by atoms with van der Waals surface area (Å²) in [5, 5.41) is 0. The zero-order valence-corrected chi connectivity index (χ0v) is 11.3. The third-order valence-electron chi connectivity index (χ3n) is 3.54. The maximum absolute atomic E-state index is 12.3. The Morgan fingerprint density at radius 3 is 2.25 bits per heavy atom. The summed E-state index contributed by atoms with van der Waals surface area (Å²) in [7, 11) is 0. The van der Waals surface area contributed by atoms with Crippen molar-refractivity contribution in [3.63, 3.8) is 0 Å². The summed E-state index contributed by atoms with van der Waals surface area (Å²) in [6.45, 7) is 0.639. The summed E-state index contributed by atoms with van der Waals surface area (Å²) in [5.74, 6) is 0.204. The normalized spacial score (nSPS) is 15.1. The average molecular weight is 263 g/mol. The van der Waals surface area contributed by atoms with Gasteiger partial charge in [0.2, 0.25) is 5.91 Å². The van der Waals surface area contributed by atoms with E-state index in [4.69, 9.17) is 0 Å². The van der Waals surface area contributed by atoms with Gasteiger partial charge in [0.1, 0.15) is 0 Å². The summed E-state index contributed by atoms with van der Waals surface area (Å²) < 4.78 is 0. The molecule has 1 amide bonds. The second-order valence-corrected chi connectivity index (χ2v) is 4.96. The molecular weight excluding hydrogens is 246 g/mol. The van der Waals surface area contributed by atoms with Gasteiger partial charge in [-0.15, -0.1) is 0 Å². The maximum atomic E-state index is 12.3. The predicted molar refractivity (Wildman–Crippen MR) is 80.6 cm³/mol. The summed E-state index contributed by atoms with van der Waals surface area (Å²) in [5.41, 5.74) is 3.30. The monoisotopic (exact) mass is 263 g/mol. The third-order valence-corrected chi connectivity index (χ3v) is 3.54. The summed E-state index contributed by atoms with van der Waals surface area (Å²) >= 11 is 0. The Kier molecular flexibility index (Phi) is 3.64. The molecule has 0 unspecified atom stereocenters. The van der Waals surface area contributed by atoms with Crippen molar-refractivity contribution in [1.29, 1.82) is 0 Å². The van der Waals surface area contributed by atoms with E-state index in [0.29, 0.717) is 13.0 Å². The third kappa shape index (κ3) is 2.64. The van der Waals surface area contributed by atoms with Crippen molar-refractivity contribution < 1.29 is 4.79 Å². The molecule has 0 fully saturated rings. The summed E-state index contributed by atoms with van der Waals surface area (Å²) in [4.78, 5) is 14.2. The van der Waals surface area contributed by atoms with Crippen molar-refractivity contribution in [2.24, 2.45) is 0 Å². The van der Waals surface area contributed by atoms with Crippen LogP contribution in [-0.2, 0) is 11.3 Å². The van der Waals surface area contributed by atoms with Crippen LogP contribution in [0.2, 0.25) is 0 Å². The molecule has 0 aliphatic carbocycles. The SMILES string of the molecule is O=C1CCC=C(c2ccccc2)N1Cc1ccccc1. The number of amides is 1. The molecule has 0 aromatic heterocycles. The van der Waals surface area contributed by atoms with Crippen LogP contribution in [0.4, 0.5) is 0 Å². The molecule has 2 aromatic carbocycles. The van der Waals surface area contributed by atoms with Gasteiger partial charge in [0.25, 0.3) is 0 Å². The molecule has 0 saturated heterocycles. The van der Waals surface area contributed by atoms with Crippen LogP contribution in [0.15, 0.2) is 66.7 Å². The Labute approximate surface area is 119 Å². The topological polar surface area (TPSA) is 20.3 Å². The molecule has 3 rings (SSSR count). The molecule has 20 heavy (non-hydrogen) atoms. The van der Waals surface area contributed by atoms with Crippen LogP contribution in [-0.4, -0.2) is 10.8 Å². The number of nitrogens with zero attached hydrogens (tertiary/aromatic N) is 1. The first-order valence-corrected chi connectivity index (χ1v) is 6.94. The molecule has 0 saturated carbocycles. The van der Waals surface area contributed by atoms with E-state index in [1.54, 1.807) is 0 Å². The molecule has 1 heterocycles. The Hall–Kier alpha value is -2.35. The van der Waals surface area contributed by atoms with Gasteiger partial charge in [-0.2, -0.15) is 0 Å². The number of rotatable bonds is 3. The fourth-order valence-electron chi connectivity index (χ4n) is 2.53. The van der Waals surface area contributed by atoms with E-state index in [0.717, 1.165) is 23.2 Å². The van der Waals surface area contributed by atoms with Crippen LogP contribution in [0.5, 0.6) is 0 Å². The fraction of sp³-hybridized carbons (Fsp3) is 0.167. The second kappa shape index (κ2) is 5.74. The number of benzene rings is 2. The standard InChI is InChI=1S/C18H17NO/c20-18-13-7-12-17(16-10-5-2-6-11-16)19(18)14-15-8-3-1-4-9-15/h1-6,8-12H,7,13-14H2. The quantitative estimate of drug-likeness (QED) is 0.823. The molecule has 100 valence electrons. The molecule has 0 radical (unpaired) electrons. The summed E-state index contributed by atoms with van der Waals surface area (Å²) in [6, 6.07) is 20.3. The van der Waals surface area contributed by atoms with Crippen LogP contribution in [0.25, 0.3) is 5.70 Å². The lowest BCUT2D eigenvalue weighted by atomic mass is 10.0. The Bertz CT molecular complexity index is 616. The Balaban J connectivity index is 1.91. The van der Waals surface area contributed by atoms with Crippen molar-refractivity contribution in [2.75, 3.05) is 0 Å². The van der Waals surface area contributed by atoms with Gasteiger partial charge in [-0.25, -0.2) is 0 Å². The van der Waals surface area contributed by atoms with E-state index in [1.807, 2.05) is 41.3 Å². The molecule has 2 nitrogen and oxygen atoms in total. The molecule has 0 atom stereocenters. The highest BCUT2D eigenvalue weighted by atomic mass is 16.2. The first-order chi connectivity index (χ1) is 9.84. The minimum absolute atomic E-state index is 0.204. The average Bonchev–Trinajstić information content (AvgIpc) is 2.51. The molecule has 0 spiro atoms. The molecule has 2 heteroatoms. The van der Waals surface area contributed by atoms with Crippen molar-refractivity contribution in [2.45, 2.75) is 19.4 Å². The number of hydrogen-bond acceptors (Lipinski definition) is 1. The van der Waals surface area contributed by atoms with Gasteiger partial charge in [-0.3, -0.25) is 4.79 Å². The number of hydrogen-bond donors (Lipinski definition) is 0. The van der Waals surface area contributed by atoms with Gasteiger partial charge < -0.3 is 4.90 Å². The predicted octanol–water partition coefficient (Wildman–Crippen LogP) is 3.85. The first-order valence-electron chi connectivity index (χ1n) is 6.94. The van der Waals surface area contributed by atoms with Crippen LogP contribution in [0.1, 0.15) is 24.0 Å². The van der Waals surface area contributed by atoms with Crippen molar-refractivity contribution >= 4 is 11.6 Å². The molecule has 2 aromatic rings. The first kappa shape index (κ1) is 12.7. The number of allylic oxidation sites excluding steroid dienone is 1. The minimum Gasteiger partial charge on any atom is -0.308 e. The maximum Gasteiger partial charge on any atom is 0.227 e. The van der Waals surface area contributed by atoms with Crippen LogP contribution < -0.4 is 0 Å². The molecular formula is C18H17NO. The van der Waals surface area contributed by atoms with E-state index < -0.39 is 0 Å². The molecule has 1 aliphatic rings. The Morgan fingerprint density at radius 1 is 0.900 bits per heavy atom. The highest BCUT2D eigenvalue weighted by molar-refractivity contribution is 5.89. The Morgan fingerprint density at radius 2 is 1.55 bits per heavy atom. The van der Waals surface area contributed by atoms with Crippen molar-refractivity contribution in [3.05, 3.63) is 77.9 Å². The number of carbonyl (C=O) groups is 1. The van der Waals surface area contributed by atoms with Gasteiger partial charge >= 0.3 is 0 Å². The van der Waals surface area contributed by atoms with Crippen molar-refractivity contribution in [1.82, 2.24) is 4.90 Å².